The van der Waals surface area contributed by atoms with Gasteiger partial charge in [0.15, 0.2) is 0 Å². The molecule has 0 spiro atoms. The topological polar surface area (TPSA) is 29.0 Å². The van der Waals surface area contributed by atoms with Crippen molar-refractivity contribution in [3.8, 4) is 0 Å². The Balaban J connectivity index is 1.76. The van der Waals surface area contributed by atoms with Gasteiger partial charge in [0.25, 0.3) is 0 Å². The quantitative estimate of drug-likeness (QED) is 0.824. The third-order valence-corrected chi connectivity index (χ3v) is 3.53. The number of rotatable bonds is 3. The van der Waals surface area contributed by atoms with Crippen molar-refractivity contribution in [3.63, 3.8) is 0 Å². The Morgan fingerprint density at radius 1 is 1.11 bits per heavy atom. The Morgan fingerprint density at radius 3 is 2.78 bits per heavy atom. The van der Waals surface area contributed by atoms with Gasteiger partial charge in [-0.1, -0.05) is 6.07 Å². The van der Waals surface area contributed by atoms with Crippen LogP contribution in [0.3, 0.4) is 0 Å². The highest BCUT2D eigenvalue weighted by molar-refractivity contribution is 5.14. The summed E-state index contributed by atoms with van der Waals surface area (Å²) in [5.41, 5.74) is 2.52. The molecule has 0 amide bonds. The summed E-state index contributed by atoms with van der Waals surface area (Å²) < 4.78 is 0. The smallest absolute Gasteiger partial charge is 0.0575 e. The Labute approximate surface area is 108 Å². The van der Waals surface area contributed by atoms with Gasteiger partial charge in [0.05, 0.1) is 11.7 Å². The summed E-state index contributed by atoms with van der Waals surface area (Å²) in [6.07, 6.45) is 8.08. The van der Waals surface area contributed by atoms with Crippen molar-refractivity contribution < 1.29 is 0 Å². The summed E-state index contributed by atoms with van der Waals surface area (Å²) in [4.78, 5) is 11.1. The van der Waals surface area contributed by atoms with E-state index >= 15 is 0 Å². The maximum absolute atomic E-state index is 4.50. The summed E-state index contributed by atoms with van der Waals surface area (Å²) in [6.45, 7) is 2.15. The zero-order valence-electron chi connectivity index (χ0n) is 10.4. The lowest BCUT2D eigenvalue weighted by atomic mass is 10.1. The van der Waals surface area contributed by atoms with Crippen LogP contribution in [-0.4, -0.2) is 21.4 Å². The molecule has 3 rings (SSSR count). The lowest BCUT2D eigenvalue weighted by molar-refractivity contribution is 0.244. The molecule has 1 fully saturated rings. The van der Waals surface area contributed by atoms with Crippen LogP contribution >= 0.6 is 0 Å². The van der Waals surface area contributed by atoms with Crippen LogP contribution in [0.1, 0.15) is 30.1 Å². The highest BCUT2D eigenvalue weighted by Crippen LogP contribution is 2.31. The van der Waals surface area contributed by atoms with Crippen LogP contribution in [0.15, 0.2) is 48.9 Å². The molecule has 0 radical (unpaired) electrons. The zero-order valence-corrected chi connectivity index (χ0v) is 10.4. The first-order valence-electron chi connectivity index (χ1n) is 6.47. The summed E-state index contributed by atoms with van der Waals surface area (Å²) in [5.74, 6) is 0. The average molecular weight is 239 g/mol. The molecule has 1 atom stereocenters. The van der Waals surface area contributed by atoms with Gasteiger partial charge in [-0.05, 0) is 49.2 Å². The van der Waals surface area contributed by atoms with Crippen molar-refractivity contribution in [1.29, 1.82) is 0 Å². The van der Waals surface area contributed by atoms with Crippen molar-refractivity contribution in [3.05, 3.63) is 60.2 Å². The van der Waals surface area contributed by atoms with Crippen LogP contribution in [0.2, 0.25) is 0 Å². The third kappa shape index (κ3) is 2.41. The maximum atomic E-state index is 4.50. The number of likely N-dealkylation sites (tertiary alicyclic amines) is 1. The van der Waals surface area contributed by atoms with E-state index in [0.29, 0.717) is 6.04 Å². The first-order chi connectivity index (χ1) is 8.93. The molecule has 18 heavy (non-hydrogen) atoms. The van der Waals surface area contributed by atoms with Gasteiger partial charge in [-0.2, -0.15) is 0 Å². The molecule has 3 heteroatoms. The zero-order chi connectivity index (χ0) is 12.2. The molecule has 1 aliphatic rings. The highest BCUT2D eigenvalue weighted by Gasteiger charge is 2.26. The van der Waals surface area contributed by atoms with E-state index in [4.69, 9.17) is 0 Å². The number of hydrogen-bond acceptors (Lipinski definition) is 3. The molecule has 1 aliphatic heterocycles. The van der Waals surface area contributed by atoms with E-state index < -0.39 is 0 Å². The molecular weight excluding hydrogens is 222 g/mol. The lowest BCUT2D eigenvalue weighted by Crippen LogP contribution is -2.23. The van der Waals surface area contributed by atoms with E-state index in [0.717, 1.165) is 13.1 Å². The van der Waals surface area contributed by atoms with E-state index in [1.54, 1.807) is 0 Å². The van der Waals surface area contributed by atoms with Gasteiger partial charge < -0.3 is 0 Å². The normalized spacial score (nSPS) is 20.1. The molecule has 3 heterocycles. The molecule has 92 valence electrons. The standard InChI is InChI=1S/C15H17N3/c1-2-8-17-14(4-1)15-5-3-11-18(15)12-13-6-9-16-10-7-13/h1-2,4,6-10,15H,3,5,11-12H2/t15-/m1/s1. The van der Waals surface area contributed by atoms with Gasteiger partial charge in [-0.3, -0.25) is 14.9 Å². The first-order valence-corrected chi connectivity index (χ1v) is 6.47. The van der Waals surface area contributed by atoms with E-state index in [9.17, 15) is 0 Å². The van der Waals surface area contributed by atoms with Gasteiger partial charge in [0.2, 0.25) is 0 Å². The Bertz CT molecular complexity index is 484. The SMILES string of the molecule is c1ccc([C@H]2CCCN2Cc2ccncc2)nc1. The van der Waals surface area contributed by atoms with Crippen molar-refractivity contribution >= 4 is 0 Å². The van der Waals surface area contributed by atoms with Crippen molar-refractivity contribution in [2.75, 3.05) is 6.54 Å². The number of pyridine rings is 2. The fraction of sp³-hybridized carbons (Fsp3) is 0.333. The fourth-order valence-electron chi connectivity index (χ4n) is 2.65. The van der Waals surface area contributed by atoms with Crippen molar-refractivity contribution in [2.24, 2.45) is 0 Å². The first kappa shape index (κ1) is 11.4. The van der Waals surface area contributed by atoms with Crippen LogP contribution in [0, 0.1) is 0 Å². The molecule has 2 aromatic rings. The van der Waals surface area contributed by atoms with Crippen molar-refractivity contribution in [1.82, 2.24) is 14.9 Å². The molecule has 0 N–H and O–H groups in total. The van der Waals surface area contributed by atoms with Crippen LogP contribution < -0.4 is 0 Å². The summed E-state index contributed by atoms with van der Waals surface area (Å²) in [7, 11) is 0. The van der Waals surface area contributed by atoms with Gasteiger partial charge in [0, 0.05) is 25.1 Å². The fourth-order valence-corrected chi connectivity index (χ4v) is 2.65. The molecule has 2 aromatic heterocycles. The average Bonchev–Trinajstić information content (AvgIpc) is 2.89. The van der Waals surface area contributed by atoms with Gasteiger partial charge >= 0.3 is 0 Å². The largest absolute Gasteiger partial charge is 0.291 e. The number of aromatic nitrogens is 2. The molecule has 0 saturated carbocycles. The molecule has 0 unspecified atom stereocenters. The molecule has 3 nitrogen and oxygen atoms in total. The van der Waals surface area contributed by atoms with E-state index in [2.05, 4.69) is 39.1 Å². The molecule has 0 bridgehead atoms. The maximum Gasteiger partial charge on any atom is 0.0575 e. The van der Waals surface area contributed by atoms with Crippen LogP contribution in [0.5, 0.6) is 0 Å². The monoisotopic (exact) mass is 239 g/mol. The lowest BCUT2D eigenvalue weighted by Gasteiger charge is -2.23. The van der Waals surface area contributed by atoms with Gasteiger partial charge in [-0.25, -0.2) is 0 Å². The molecule has 0 aliphatic carbocycles. The minimum Gasteiger partial charge on any atom is -0.291 e. The molecular formula is C15H17N3. The predicted molar refractivity (Wildman–Crippen MR) is 70.9 cm³/mol. The second-order valence-electron chi connectivity index (χ2n) is 4.74. The second kappa shape index (κ2) is 5.27. The summed E-state index contributed by atoms with van der Waals surface area (Å²) >= 11 is 0. The van der Waals surface area contributed by atoms with Crippen LogP contribution in [0.25, 0.3) is 0 Å². The second-order valence-corrected chi connectivity index (χ2v) is 4.74. The minimum atomic E-state index is 0.472. The van der Waals surface area contributed by atoms with Crippen molar-refractivity contribution in [2.45, 2.75) is 25.4 Å². The number of hydrogen-bond donors (Lipinski definition) is 0. The molecule has 1 saturated heterocycles. The Hall–Kier alpha value is -1.74. The van der Waals surface area contributed by atoms with E-state index in [1.807, 2.05) is 24.7 Å². The third-order valence-electron chi connectivity index (χ3n) is 3.53. The van der Waals surface area contributed by atoms with Crippen LogP contribution in [-0.2, 0) is 6.54 Å². The number of nitrogens with zero attached hydrogens (tertiary/aromatic N) is 3. The predicted octanol–water partition coefficient (Wildman–Crippen LogP) is 2.81. The van der Waals surface area contributed by atoms with Gasteiger partial charge in [-0.15, -0.1) is 0 Å². The van der Waals surface area contributed by atoms with Gasteiger partial charge in [0.1, 0.15) is 0 Å². The van der Waals surface area contributed by atoms with Crippen LogP contribution in [0.4, 0.5) is 0 Å². The molecule has 0 aromatic carbocycles. The highest BCUT2D eigenvalue weighted by atomic mass is 15.2. The Morgan fingerprint density at radius 2 is 2.00 bits per heavy atom. The Kier molecular flexibility index (Phi) is 3.33. The van der Waals surface area contributed by atoms with E-state index in [-0.39, 0.29) is 0 Å². The minimum absolute atomic E-state index is 0.472. The summed E-state index contributed by atoms with van der Waals surface area (Å²) in [5, 5.41) is 0. The van der Waals surface area contributed by atoms with E-state index in [1.165, 1.54) is 24.1 Å². The summed E-state index contributed by atoms with van der Waals surface area (Å²) in [6, 6.07) is 10.8.